The zero-order valence-electron chi connectivity index (χ0n) is 13.2. The van der Waals surface area contributed by atoms with E-state index in [0.29, 0.717) is 5.92 Å². The van der Waals surface area contributed by atoms with Gasteiger partial charge in [0.25, 0.3) is 0 Å². The van der Waals surface area contributed by atoms with Crippen LogP contribution >= 0.6 is 0 Å². The standard InChI is InChI=1S/C22H20/c1-4-16-13-17-8-5-6-9-19(17)20-11-7-10-18-15(3)14(2)12-21(16)22(18)20/h4-12,16H,1,13H2,2-3H3. The van der Waals surface area contributed by atoms with Crippen LogP contribution in [0.4, 0.5) is 0 Å². The van der Waals surface area contributed by atoms with E-state index in [4.69, 9.17) is 0 Å². The van der Waals surface area contributed by atoms with Crippen LogP contribution in [0.1, 0.15) is 28.2 Å². The summed E-state index contributed by atoms with van der Waals surface area (Å²) in [5, 5.41) is 2.80. The molecule has 0 nitrogen and oxygen atoms in total. The Kier molecular flexibility index (Phi) is 2.94. The Bertz CT molecular complexity index is 899. The van der Waals surface area contributed by atoms with Crippen molar-refractivity contribution in [1.82, 2.24) is 0 Å². The van der Waals surface area contributed by atoms with Gasteiger partial charge in [0.1, 0.15) is 0 Å². The van der Waals surface area contributed by atoms with Gasteiger partial charge in [-0.05, 0) is 64.4 Å². The highest BCUT2D eigenvalue weighted by atomic mass is 14.3. The molecule has 0 saturated heterocycles. The van der Waals surface area contributed by atoms with Crippen molar-refractivity contribution in [3.05, 3.63) is 83.4 Å². The second-order valence-electron chi connectivity index (χ2n) is 6.34. The average molecular weight is 284 g/mol. The fourth-order valence-corrected chi connectivity index (χ4v) is 3.84. The molecule has 3 aromatic carbocycles. The smallest absolute Gasteiger partial charge is 0.00624 e. The predicted molar refractivity (Wildman–Crippen MR) is 95.5 cm³/mol. The molecule has 0 bridgehead atoms. The summed E-state index contributed by atoms with van der Waals surface area (Å²) in [6.45, 7) is 8.56. The number of allylic oxidation sites excluding steroid dienone is 1. The van der Waals surface area contributed by atoms with E-state index >= 15 is 0 Å². The molecule has 0 aromatic heterocycles. The summed E-state index contributed by atoms with van der Waals surface area (Å²) in [7, 11) is 0. The summed E-state index contributed by atoms with van der Waals surface area (Å²) in [4.78, 5) is 0. The number of rotatable bonds is 1. The number of benzene rings is 3. The van der Waals surface area contributed by atoms with E-state index in [2.05, 4.69) is 75.0 Å². The molecule has 0 heteroatoms. The van der Waals surface area contributed by atoms with E-state index in [1.807, 2.05) is 0 Å². The molecule has 4 rings (SSSR count). The first-order valence-corrected chi connectivity index (χ1v) is 7.94. The number of aryl methyl sites for hydroxylation is 2. The van der Waals surface area contributed by atoms with Crippen LogP contribution in [0.5, 0.6) is 0 Å². The van der Waals surface area contributed by atoms with E-state index in [-0.39, 0.29) is 0 Å². The van der Waals surface area contributed by atoms with Crippen molar-refractivity contribution in [2.24, 2.45) is 0 Å². The van der Waals surface area contributed by atoms with Gasteiger partial charge >= 0.3 is 0 Å². The van der Waals surface area contributed by atoms with E-state index in [1.54, 1.807) is 0 Å². The minimum atomic E-state index is 0.381. The lowest BCUT2D eigenvalue weighted by atomic mass is 9.87. The molecule has 1 aliphatic rings. The Morgan fingerprint density at radius 1 is 1.00 bits per heavy atom. The van der Waals surface area contributed by atoms with Gasteiger partial charge < -0.3 is 0 Å². The summed E-state index contributed by atoms with van der Waals surface area (Å²) in [6.07, 6.45) is 3.15. The van der Waals surface area contributed by atoms with Crippen molar-refractivity contribution in [1.29, 1.82) is 0 Å². The van der Waals surface area contributed by atoms with Gasteiger partial charge in [-0.15, -0.1) is 6.58 Å². The maximum absolute atomic E-state index is 4.11. The lowest BCUT2D eigenvalue weighted by Gasteiger charge is -2.17. The topological polar surface area (TPSA) is 0 Å². The summed E-state index contributed by atoms with van der Waals surface area (Å²) >= 11 is 0. The molecule has 0 saturated carbocycles. The van der Waals surface area contributed by atoms with Crippen LogP contribution in [-0.2, 0) is 6.42 Å². The zero-order valence-corrected chi connectivity index (χ0v) is 13.2. The van der Waals surface area contributed by atoms with Gasteiger partial charge in [-0.2, -0.15) is 0 Å². The number of hydrogen-bond acceptors (Lipinski definition) is 0. The molecule has 0 aliphatic heterocycles. The van der Waals surface area contributed by atoms with Crippen LogP contribution in [0.15, 0.2) is 61.2 Å². The van der Waals surface area contributed by atoms with Crippen molar-refractivity contribution in [3.63, 3.8) is 0 Å². The van der Waals surface area contributed by atoms with E-state index in [9.17, 15) is 0 Å². The van der Waals surface area contributed by atoms with Gasteiger partial charge in [-0.25, -0.2) is 0 Å². The molecular formula is C22H20. The lowest BCUT2D eigenvalue weighted by molar-refractivity contribution is 0.850. The van der Waals surface area contributed by atoms with Gasteiger partial charge in [-0.3, -0.25) is 0 Å². The lowest BCUT2D eigenvalue weighted by Crippen LogP contribution is -2.00. The molecule has 108 valence electrons. The van der Waals surface area contributed by atoms with E-state index in [0.717, 1.165) is 6.42 Å². The van der Waals surface area contributed by atoms with Crippen LogP contribution in [0.3, 0.4) is 0 Å². The van der Waals surface area contributed by atoms with E-state index in [1.165, 1.54) is 44.2 Å². The summed E-state index contributed by atoms with van der Waals surface area (Å²) in [5.74, 6) is 0.381. The van der Waals surface area contributed by atoms with Crippen LogP contribution in [0.2, 0.25) is 0 Å². The van der Waals surface area contributed by atoms with Crippen molar-refractivity contribution < 1.29 is 0 Å². The molecule has 22 heavy (non-hydrogen) atoms. The Morgan fingerprint density at radius 3 is 2.59 bits per heavy atom. The Hall–Kier alpha value is -2.34. The molecule has 1 unspecified atom stereocenters. The van der Waals surface area contributed by atoms with Crippen LogP contribution in [-0.4, -0.2) is 0 Å². The molecule has 0 heterocycles. The van der Waals surface area contributed by atoms with Crippen molar-refractivity contribution in [3.8, 4) is 11.1 Å². The zero-order chi connectivity index (χ0) is 15.3. The van der Waals surface area contributed by atoms with Gasteiger partial charge in [0.2, 0.25) is 0 Å². The van der Waals surface area contributed by atoms with Crippen LogP contribution in [0, 0.1) is 13.8 Å². The summed E-state index contributed by atoms with van der Waals surface area (Å²) in [6, 6.07) is 17.9. The quantitative estimate of drug-likeness (QED) is 0.484. The molecule has 0 fully saturated rings. The second kappa shape index (κ2) is 4.84. The first-order chi connectivity index (χ1) is 10.7. The highest BCUT2D eigenvalue weighted by molar-refractivity contribution is 6.02. The monoisotopic (exact) mass is 284 g/mol. The van der Waals surface area contributed by atoms with Crippen LogP contribution < -0.4 is 0 Å². The molecule has 0 radical (unpaired) electrons. The minimum Gasteiger partial charge on any atom is -0.102 e. The normalized spacial score (nSPS) is 16.2. The molecule has 0 N–H and O–H groups in total. The third-order valence-electron chi connectivity index (χ3n) is 5.15. The van der Waals surface area contributed by atoms with E-state index < -0.39 is 0 Å². The molecule has 3 aromatic rings. The SMILES string of the molecule is C=CC1Cc2ccccc2-c2cccc3c(C)c(C)cc1c23. The Balaban J connectivity index is 2.22. The van der Waals surface area contributed by atoms with Crippen LogP contribution in [0.25, 0.3) is 21.9 Å². The Morgan fingerprint density at radius 2 is 1.77 bits per heavy atom. The highest BCUT2D eigenvalue weighted by Crippen LogP contribution is 2.43. The van der Waals surface area contributed by atoms with Crippen molar-refractivity contribution in [2.75, 3.05) is 0 Å². The van der Waals surface area contributed by atoms with Crippen molar-refractivity contribution in [2.45, 2.75) is 26.2 Å². The average Bonchev–Trinajstić information content (AvgIpc) is 2.68. The van der Waals surface area contributed by atoms with Gasteiger partial charge in [0.05, 0.1) is 0 Å². The molecule has 1 atom stereocenters. The predicted octanol–water partition coefficient (Wildman–Crippen LogP) is 5.95. The summed E-state index contributed by atoms with van der Waals surface area (Å²) < 4.78 is 0. The highest BCUT2D eigenvalue weighted by Gasteiger charge is 2.22. The maximum Gasteiger partial charge on any atom is 0.00624 e. The summed E-state index contributed by atoms with van der Waals surface area (Å²) in [5.41, 5.74) is 8.36. The van der Waals surface area contributed by atoms with Crippen molar-refractivity contribution >= 4 is 10.8 Å². The number of hydrogen-bond donors (Lipinski definition) is 0. The second-order valence-corrected chi connectivity index (χ2v) is 6.34. The number of fused-ring (bicyclic) bond motifs is 2. The maximum atomic E-state index is 4.11. The van der Waals surface area contributed by atoms with Gasteiger partial charge in [-0.1, -0.05) is 54.6 Å². The van der Waals surface area contributed by atoms with Gasteiger partial charge in [0, 0.05) is 5.92 Å². The first kappa shape index (κ1) is 13.3. The third kappa shape index (κ3) is 1.77. The third-order valence-corrected chi connectivity index (χ3v) is 5.15. The molecular weight excluding hydrogens is 264 g/mol. The fraction of sp³-hybridized carbons (Fsp3) is 0.182. The molecule has 1 aliphatic carbocycles. The molecule has 0 spiro atoms. The largest absolute Gasteiger partial charge is 0.102 e. The minimum absolute atomic E-state index is 0.381. The Labute approximate surface area is 132 Å². The van der Waals surface area contributed by atoms with Gasteiger partial charge in [0.15, 0.2) is 0 Å². The first-order valence-electron chi connectivity index (χ1n) is 7.94. The fourth-order valence-electron chi connectivity index (χ4n) is 3.84. The molecule has 0 amide bonds.